The van der Waals surface area contributed by atoms with Gasteiger partial charge < -0.3 is 4.74 Å². The maximum absolute atomic E-state index is 11.4. The molecule has 0 saturated carbocycles. The summed E-state index contributed by atoms with van der Waals surface area (Å²) in [6, 6.07) is 7.24. The van der Waals surface area contributed by atoms with Crippen molar-refractivity contribution in [1.82, 2.24) is 4.98 Å². The molecule has 1 aromatic carbocycles. The number of benzene rings is 1. The number of fused-ring (bicyclic) bond motifs is 1. The third-order valence-corrected chi connectivity index (χ3v) is 2.92. The van der Waals surface area contributed by atoms with Gasteiger partial charge >= 0.3 is 5.97 Å². The quantitative estimate of drug-likeness (QED) is 0.598. The fraction of sp³-hybridized carbons (Fsp3) is 0.0909. The molecule has 1 aromatic heterocycles. The topological polar surface area (TPSA) is 39.2 Å². The zero-order valence-electron chi connectivity index (χ0n) is 8.33. The highest BCUT2D eigenvalue weighted by atomic mass is 79.9. The first-order valence-electron chi connectivity index (χ1n) is 4.46. The summed E-state index contributed by atoms with van der Waals surface area (Å²) in [6.07, 6.45) is 0. The Hall–Kier alpha value is -1.13. The molecule has 2 rings (SSSR count). The van der Waals surface area contributed by atoms with Crippen LogP contribution in [0.5, 0.6) is 0 Å². The summed E-state index contributed by atoms with van der Waals surface area (Å²) in [4.78, 5) is 15.5. The Balaban J connectivity index is 2.67. The molecule has 5 heteroatoms. The van der Waals surface area contributed by atoms with Crippen LogP contribution in [0.1, 0.15) is 10.4 Å². The molecule has 0 aliphatic carbocycles. The molecule has 0 radical (unpaired) electrons. The van der Waals surface area contributed by atoms with E-state index in [2.05, 4.69) is 25.7 Å². The molecule has 2 aromatic rings. The molecule has 0 bridgehead atoms. The fourth-order valence-electron chi connectivity index (χ4n) is 1.37. The maximum Gasteiger partial charge on any atom is 0.341 e. The van der Waals surface area contributed by atoms with Crippen molar-refractivity contribution < 1.29 is 9.53 Å². The Kier molecular flexibility index (Phi) is 3.12. The van der Waals surface area contributed by atoms with E-state index in [0.29, 0.717) is 0 Å². The van der Waals surface area contributed by atoms with Gasteiger partial charge in [-0.1, -0.05) is 33.6 Å². The SMILES string of the molecule is COC(=O)c1cc2ccc(Br)cc2nc1Cl. The molecule has 82 valence electrons. The van der Waals surface area contributed by atoms with Gasteiger partial charge in [0.15, 0.2) is 0 Å². The number of nitrogens with zero attached hydrogens (tertiary/aromatic N) is 1. The average molecular weight is 301 g/mol. The minimum Gasteiger partial charge on any atom is -0.465 e. The van der Waals surface area contributed by atoms with Crippen LogP contribution >= 0.6 is 27.5 Å². The standard InChI is InChI=1S/C11H7BrClNO2/c1-16-11(15)8-4-6-2-3-7(12)5-9(6)14-10(8)13/h2-5H,1H3. The number of esters is 1. The zero-order valence-corrected chi connectivity index (χ0v) is 10.7. The molecule has 0 aliphatic rings. The van der Waals surface area contributed by atoms with Crippen molar-refractivity contribution in [3.8, 4) is 0 Å². The fourth-order valence-corrected chi connectivity index (χ4v) is 1.94. The second-order valence-corrected chi connectivity index (χ2v) is 4.43. The number of methoxy groups -OCH3 is 1. The predicted molar refractivity (Wildman–Crippen MR) is 65.8 cm³/mol. The second kappa shape index (κ2) is 4.39. The molecule has 0 aliphatic heterocycles. The Morgan fingerprint density at radius 1 is 1.44 bits per heavy atom. The number of carbonyl (C=O) groups excluding carboxylic acids is 1. The highest BCUT2D eigenvalue weighted by Crippen LogP contribution is 2.23. The van der Waals surface area contributed by atoms with Crippen molar-refractivity contribution in [3.63, 3.8) is 0 Å². The van der Waals surface area contributed by atoms with Crippen molar-refractivity contribution in [2.45, 2.75) is 0 Å². The summed E-state index contributed by atoms with van der Waals surface area (Å²) < 4.78 is 5.53. The van der Waals surface area contributed by atoms with Gasteiger partial charge in [0.05, 0.1) is 18.2 Å². The van der Waals surface area contributed by atoms with Crippen molar-refractivity contribution in [2.75, 3.05) is 7.11 Å². The van der Waals surface area contributed by atoms with Crippen LogP contribution in [-0.4, -0.2) is 18.1 Å². The van der Waals surface area contributed by atoms with Crippen molar-refractivity contribution in [1.29, 1.82) is 0 Å². The molecule has 0 unspecified atom stereocenters. The minimum atomic E-state index is -0.484. The van der Waals surface area contributed by atoms with E-state index in [0.717, 1.165) is 15.4 Å². The monoisotopic (exact) mass is 299 g/mol. The molecule has 0 spiro atoms. The number of carbonyl (C=O) groups is 1. The third kappa shape index (κ3) is 2.03. The number of aromatic nitrogens is 1. The largest absolute Gasteiger partial charge is 0.465 e. The Bertz CT molecular complexity index is 571. The van der Waals surface area contributed by atoms with E-state index in [1.165, 1.54) is 7.11 Å². The average Bonchev–Trinajstić information content (AvgIpc) is 2.27. The lowest BCUT2D eigenvalue weighted by Crippen LogP contribution is -2.03. The maximum atomic E-state index is 11.4. The summed E-state index contributed by atoms with van der Waals surface area (Å²) in [6.45, 7) is 0. The summed E-state index contributed by atoms with van der Waals surface area (Å²) in [5.41, 5.74) is 1.01. The van der Waals surface area contributed by atoms with E-state index in [1.54, 1.807) is 6.07 Å². The van der Waals surface area contributed by atoms with Gasteiger partial charge in [-0.15, -0.1) is 0 Å². The van der Waals surface area contributed by atoms with E-state index in [4.69, 9.17) is 11.6 Å². The van der Waals surface area contributed by atoms with Crippen LogP contribution in [0.15, 0.2) is 28.7 Å². The first-order valence-corrected chi connectivity index (χ1v) is 5.63. The van der Waals surface area contributed by atoms with Gasteiger partial charge in [-0.3, -0.25) is 0 Å². The highest BCUT2D eigenvalue weighted by molar-refractivity contribution is 9.10. The van der Waals surface area contributed by atoms with Crippen LogP contribution in [0.25, 0.3) is 10.9 Å². The number of hydrogen-bond donors (Lipinski definition) is 0. The summed E-state index contributed by atoms with van der Waals surface area (Å²) in [5, 5.41) is 0.991. The van der Waals surface area contributed by atoms with Gasteiger partial charge in [0.1, 0.15) is 5.15 Å². The Morgan fingerprint density at radius 3 is 2.88 bits per heavy atom. The summed E-state index contributed by atoms with van der Waals surface area (Å²) >= 11 is 9.25. The molecular weight excluding hydrogens is 293 g/mol. The van der Waals surface area contributed by atoms with Gasteiger partial charge in [0.2, 0.25) is 0 Å². The first-order chi connectivity index (χ1) is 7.61. The molecular formula is C11H7BrClNO2. The lowest BCUT2D eigenvalue weighted by Gasteiger charge is -2.04. The van der Waals surface area contributed by atoms with E-state index in [1.807, 2.05) is 18.2 Å². The molecule has 16 heavy (non-hydrogen) atoms. The number of ether oxygens (including phenoxy) is 1. The molecule has 1 heterocycles. The van der Waals surface area contributed by atoms with E-state index < -0.39 is 5.97 Å². The molecule has 0 atom stereocenters. The number of rotatable bonds is 1. The minimum absolute atomic E-state index is 0.150. The van der Waals surface area contributed by atoms with Crippen LogP contribution in [0.4, 0.5) is 0 Å². The predicted octanol–water partition coefficient (Wildman–Crippen LogP) is 3.44. The zero-order chi connectivity index (χ0) is 11.7. The number of pyridine rings is 1. The lowest BCUT2D eigenvalue weighted by molar-refractivity contribution is 0.0600. The van der Waals surface area contributed by atoms with Gasteiger partial charge in [0.25, 0.3) is 0 Å². The Morgan fingerprint density at radius 2 is 2.19 bits per heavy atom. The van der Waals surface area contributed by atoms with E-state index in [9.17, 15) is 4.79 Å². The molecule has 0 saturated heterocycles. The first kappa shape index (κ1) is 11.4. The third-order valence-electron chi connectivity index (χ3n) is 2.14. The summed E-state index contributed by atoms with van der Waals surface area (Å²) in [5.74, 6) is -0.484. The van der Waals surface area contributed by atoms with Gasteiger partial charge in [-0.2, -0.15) is 0 Å². The van der Waals surface area contributed by atoms with E-state index >= 15 is 0 Å². The highest BCUT2D eigenvalue weighted by Gasteiger charge is 2.13. The van der Waals surface area contributed by atoms with Crippen LogP contribution in [-0.2, 0) is 4.74 Å². The molecule has 3 nitrogen and oxygen atoms in total. The number of hydrogen-bond acceptors (Lipinski definition) is 3. The molecule has 0 N–H and O–H groups in total. The lowest BCUT2D eigenvalue weighted by atomic mass is 10.1. The second-order valence-electron chi connectivity index (χ2n) is 3.16. The van der Waals surface area contributed by atoms with Crippen LogP contribution < -0.4 is 0 Å². The van der Waals surface area contributed by atoms with Gasteiger partial charge in [0, 0.05) is 9.86 Å². The molecule has 0 fully saturated rings. The van der Waals surface area contributed by atoms with Gasteiger partial charge in [-0.25, -0.2) is 9.78 Å². The van der Waals surface area contributed by atoms with Crippen LogP contribution in [0.3, 0.4) is 0 Å². The normalized spacial score (nSPS) is 10.4. The van der Waals surface area contributed by atoms with Crippen LogP contribution in [0.2, 0.25) is 5.15 Å². The van der Waals surface area contributed by atoms with Crippen molar-refractivity contribution in [2.24, 2.45) is 0 Å². The van der Waals surface area contributed by atoms with Crippen molar-refractivity contribution >= 4 is 44.4 Å². The number of halogens is 2. The van der Waals surface area contributed by atoms with Gasteiger partial charge in [-0.05, 0) is 18.2 Å². The van der Waals surface area contributed by atoms with Crippen molar-refractivity contribution in [3.05, 3.63) is 39.5 Å². The molecule has 0 amide bonds. The van der Waals surface area contributed by atoms with Crippen LogP contribution in [0, 0.1) is 0 Å². The summed E-state index contributed by atoms with van der Waals surface area (Å²) in [7, 11) is 1.31. The van der Waals surface area contributed by atoms with E-state index in [-0.39, 0.29) is 10.7 Å². The smallest absolute Gasteiger partial charge is 0.341 e. The Labute approximate surface area is 106 Å².